The first-order chi connectivity index (χ1) is 14.7. The van der Waals surface area contributed by atoms with Gasteiger partial charge in [-0.05, 0) is 56.1 Å². The van der Waals surface area contributed by atoms with Crippen LogP contribution in [0.25, 0.3) is 0 Å². The second-order valence-corrected chi connectivity index (χ2v) is 7.77. The van der Waals surface area contributed by atoms with Crippen LogP contribution in [0, 0.1) is 0 Å². The zero-order chi connectivity index (χ0) is 21.2. The molecular formula is C24H33N3O3. The zero-order valence-corrected chi connectivity index (χ0v) is 17.8. The molecule has 0 aromatic heterocycles. The number of aliphatic hydroxyl groups excluding tert-OH is 1. The molecule has 1 fully saturated rings. The van der Waals surface area contributed by atoms with E-state index in [4.69, 9.17) is 9.84 Å². The van der Waals surface area contributed by atoms with Gasteiger partial charge in [0.05, 0.1) is 6.04 Å². The van der Waals surface area contributed by atoms with Crippen molar-refractivity contribution in [3.8, 4) is 5.75 Å². The molecule has 162 valence electrons. The van der Waals surface area contributed by atoms with Crippen LogP contribution in [0.3, 0.4) is 0 Å². The first-order valence-corrected chi connectivity index (χ1v) is 10.8. The molecule has 1 heterocycles. The van der Waals surface area contributed by atoms with Gasteiger partial charge in [-0.1, -0.05) is 30.3 Å². The highest BCUT2D eigenvalue weighted by molar-refractivity contribution is 5.94. The molecule has 2 aromatic rings. The molecule has 0 bridgehead atoms. The van der Waals surface area contributed by atoms with E-state index in [9.17, 15) is 4.79 Å². The van der Waals surface area contributed by atoms with E-state index in [-0.39, 0.29) is 18.6 Å². The second-order valence-electron chi connectivity index (χ2n) is 7.77. The highest BCUT2D eigenvalue weighted by atomic mass is 16.5. The van der Waals surface area contributed by atoms with E-state index in [2.05, 4.69) is 15.1 Å². The third-order valence-corrected chi connectivity index (χ3v) is 5.59. The van der Waals surface area contributed by atoms with Crippen molar-refractivity contribution in [3.63, 3.8) is 0 Å². The van der Waals surface area contributed by atoms with E-state index in [0.29, 0.717) is 6.61 Å². The number of carbonyl (C=O) groups excluding carboxylic acids is 1. The lowest BCUT2D eigenvalue weighted by Gasteiger charge is -2.37. The Balaban J connectivity index is 1.41. The summed E-state index contributed by atoms with van der Waals surface area (Å²) < 4.78 is 5.80. The average Bonchev–Trinajstić information content (AvgIpc) is 2.79. The largest absolute Gasteiger partial charge is 0.489 e. The molecule has 2 aromatic carbocycles. The van der Waals surface area contributed by atoms with Crippen LogP contribution >= 0.6 is 0 Å². The summed E-state index contributed by atoms with van der Waals surface area (Å²) in [6.45, 7) is 7.49. The fourth-order valence-electron chi connectivity index (χ4n) is 3.61. The van der Waals surface area contributed by atoms with Gasteiger partial charge in [0, 0.05) is 38.5 Å². The monoisotopic (exact) mass is 411 g/mol. The van der Waals surface area contributed by atoms with Crippen LogP contribution in [-0.4, -0.2) is 66.2 Å². The van der Waals surface area contributed by atoms with Crippen LogP contribution < -0.4 is 10.1 Å². The lowest BCUT2D eigenvalue weighted by Crippen LogP contribution is -2.52. The second kappa shape index (κ2) is 11.7. The Morgan fingerprint density at radius 2 is 1.73 bits per heavy atom. The number of rotatable bonds is 10. The molecule has 3 rings (SSSR count). The summed E-state index contributed by atoms with van der Waals surface area (Å²) in [6, 6.07) is 17.4. The van der Waals surface area contributed by atoms with Crippen LogP contribution in [-0.2, 0) is 11.4 Å². The van der Waals surface area contributed by atoms with E-state index in [1.807, 2.05) is 61.5 Å². The minimum Gasteiger partial charge on any atom is -0.489 e. The van der Waals surface area contributed by atoms with Crippen molar-refractivity contribution in [1.82, 2.24) is 9.80 Å². The van der Waals surface area contributed by atoms with Crippen molar-refractivity contribution in [3.05, 3.63) is 60.2 Å². The van der Waals surface area contributed by atoms with Crippen LogP contribution in [0.1, 0.15) is 25.3 Å². The standard InChI is InChI=1S/C24H33N3O3/c1-20(27-16-14-26(15-17-27)13-5-6-18-28)24(29)25-22-9-11-23(12-10-22)30-19-21-7-3-2-4-8-21/h2-4,7-12,20,28H,5-6,13-19H2,1H3,(H,25,29)/t20-/m0/s1. The van der Waals surface area contributed by atoms with Crippen molar-refractivity contribution in [2.24, 2.45) is 0 Å². The Kier molecular flexibility index (Phi) is 8.68. The lowest BCUT2D eigenvalue weighted by atomic mass is 10.2. The number of aliphatic hydroxyl groups is 1. The van der Waals surface area contributed by atoms with Crippen LogP contribution in [0.15, 0.2) is 54.6 Å². The summed E-state index contributed by atoms with van der Waals surface area (Å²) in [5.41, 5.74) is 1.90. The van der Waals surface area contributed by atoms with Crippen molar-refractivity contribution < 1.29 is 14.6 Å². The number of nitrogens with one attached hydrogen (secondary N) is 1. The van der Waals surface area contributed by atoms with Crippen molar-refractivity contribution in [1.29, 1.82) is 0 Å². The summed E-state index contributed by atoms with van der Waals surface area (Å²) in [7, 11) is 0. The Labute approximate surface area is 179 Å². The minimum atomic E-state index is -0.168. The molecule has 1 aliphatic rings. The number of carbonyl (C=O) groups is 1. The highest BCUT2D eigenvalue weighted by Crippen LogP contribution is 2.18. The van der Waals surface area contributed by atoms with Gasteiger partial charge in [-0.2, -0.15) is 0 Å². The minimum absolute atomic E-state index is 0.0154. The van der Waals surface area contributed by atoms with Gasteiger partial charge >= 0.3 is 0 Å². The van der Waals surface area contributed by atoms with Crippen molar-refractivity contribution in [2.45, 2.75) is 32.4 Å². The third-order valence-electron chi connectivity index (χ3n) is 5.59. The Morgan fingerprint density at radius 1 is 1.03 bits per heavy atom. The fraction of sp³-hybridized carbons (Fsp3) is 0.458. The Hall–Kier alpha value is -2.41. The molecule has 1 saturated heterocycles. The normalized spacial score (nSPS) is 16.2. The van der Waals surface area contributed by atoms with E-state index < -0.39 is 0 Å². The molecule has 0 spiro atoms. The highest BCUT2D eigenvalue weighted by Gasteiger charge is 2.25. The first kappa shape index (κ1) is 22.3. The van der Waals surface area contributed by atoms with Crippen LogP contribution in [0.4, 0.5) is 5.69 Å². The number of hydrogen-bond donors (Lipinski definition) is 2. The molecule has 0 radical (unpaired) electrons. The maximum absolute atomic E-state index is 12.7. The number of ether oxygens (including phenoxy) is 1. The average molecular weight is 412 g/mol. The van der Waals surface area contributed by atoms with Gasteiger partial charge in [0.25, 0.3) is 0 Å². The molecule has 6 heteroatoms. The van der Waals surface area contributed by atoms with Gasteiger partial charge in [0.2, 0.25) is 5.91 Å². The van der Waals surface area contributed by atoms with Crippen LogP contribution in [0.5, 0.6) is 5.75 Å². The summed E-state index contributed by atoms with van der Waals surface area (Å²) in [5, 5.41) is 11.9. The zero-order valence-electron chi connectivity index (χ0n) is 17.8. The van der Waals surface area contributed by atoms with Crippen molar-refractivity contribution >= 4 is 11.6 Å². The predicted octanol–water partition coefficient (Wildman–Crippen LogP) is 2.98. The maximum atomic E-state index is 12.7. The van der Waals surface area contributed by atoms with Crippen LogP contribution in [0.2, 0.25) is 0 Å². The van der Waals surface area contributed by atoms with Gasteiger partial charge in [-0.15, -0.1) is 0 Å². The lowest BCUT2D eigenvalue weighted by molar-refractivity contribution is -0.121. The van der Waals surface area contributed by atoms with E-state index in [1.54, 1.807) is 0 Å². The summed E-state index contributed by atoms with van der Waals surface area (Å²) in [5.74, 6) is 0.795. The molecule has 30 heavy (non-hydrogen) atoms. The number of nitrogens with zero attached hydrogens (tertiary/aromatic N) is 2. The molecule has 0 aliphatic carbocycles. The van der Waals surface area contributed by atoms with Gasteiger partial charge < -0.3 is 20.1 Å². The van der Waals surface area contributed by atoms with Gasteiger partial charge in [-0.3, -0.25) is 9.69 Å². The van der Waals surface area contributed by atoms with Gasteiger partial charge in [0.15, 0.2) is 0 Å². The molecular weight excluding hydrogens is 378 g/mol. The van der Waals surface area contributed by atoms with Crippen molar-refractivity contribution in [2.75, 3.05) is 44.6 Å². The van der Waals surface area contributed by atoms with E-state index in [1.165, 1.54) is 0 Å². The van der Waals surface area contributed by atoms with Gasteiger partial charge in [-0.25, -0.2) is 0 Å². The van der Waals surface area contributed by atoms with E-state index >= 15 is 0 Å². The summed E-state index contributed by atoms with van der Waals surface area (Å²) in [4.78, 5) is 17.3. The Bertz CT molecular complexity index is 759. The predicted molar refractivity (Wildman–Crippen MR) is 120 cm³/mol. The molecule has 6 nitrogen and oxygen atoms in total. The molecule has 1 aliphatic heterocycles. The number of anilines is 1. The smallest absolute Gasteiger partial charge is 0.241 e. The number of hydrogen-bond acceptors (Lipinski definition) is 5. The fourth-order valence-corrected chi connectivity index (χ4v) is 3.61. The molecule has 1 atom stereocenters. The quantitative estimate of drug-likeness (QED) is 0.589. The number of amides is 1. The maximum Gasteiger partial charge on any atom is 0.241 e. The summed E-state index contributed by atoms with van der Waals surface area (Å²) >= 11 is 0. The molecule has 2 N–H and O–H groups in total. The molecule has 1 amide bonds. The van der Waals surface area contributed by atoms with E-state index in [0.717, 1.165) is 62.6 Å². The Morgan fingerprint density at radius 3 is 2.40 bits per heavy atom. The molecule has 0 saturated carbocycles. The third kappa shape index (κ3) is 6.83. The summed E-state index contributed by atoms with van der Waals surface area (Å²) in [6.07, 6.45) is 1.88. The topological polar surface area (TPSA) is 65.0 Å². The number of piperazine rings is 1. The van der Waals surface area contributed by atoms with Gasteiger partial charge in [0.1, 0.15) is 12.4 Å². The SMILES string of the molecule is C[C@@H](C(=O)Nc1ccc(OCc2ccccc2)cc1)N1CCN(CCCCO)CC1. The number of benzene rings is 2. The molecule has 0 unspecified atom stereocenters. The first-order valence-electron chi connectivity index (χ1n) is 10.8. The number of unbranched alkanes of at least 4 members (excludes halogenated alkanes) is 1.